The monoisotopic (exact) mass is 198 g/mol. The van der Waals surface area contributed by atoms with Crippen molar-refractivity contribution in [1.29, 1.82) is 0 Å². The van der Waals surface area contributed by atoms with E-state index in [-0.39, 0.29) is 6.35 Å². The quantitative estimate of drug-likeness (QED) is 0.674. The molecule has 1 atom stereocenters. The number of rotatable bonds is 1. The van der Waals surface area contributed by atoms with Gasteiger partial charge in [-0.2, -0.15) is 0 Å². The van der Waals surface area contributed by atoms with Crippen LogP contribution < -0.4 is 10.2 Å². The largest absolute Gasteiger partial charge is 0.344 e. The van der Waals surface area contributed by atoms with Crippen molar-refractivity contribution in [3.63, 3.8) is 0 Å². The van der Waals surface area contributed by atoms with Crippen LogP contribution in [0.3, 0.4) is 0 Å². The van der Waals surface area contributed by atoms with Crippen molar-refractivity contribution in [2.75, 3.05) is 23.9 Å². The number of ether oxygens (including phenoxy) is 1. The number of fused-ring (bicyclic) bond motifs is 1. The smallest absolute Gasteiger partial charge is 0.188 e. The van der Waals surface area contributed by atoms with Crippen LogP contribution in [-0.4, -0.2) is 35.3 Å². The summed E-state index contributed by atoms with van der Waals surface area (Å²) in [6.45, 7) is 1.71. The second-order valence-corrected chi connectivity index (χ2v) is 3.91. The Hall–Kier alpha value is -0.720. The van der Waals surface area contributed by atoms with E-state index in [1.54, 1.807) is 18.1 Å². The Morgan fingerprint density at radius 3 is 3.54 bits per heavy atom. The van der Waals surface area contributed by atoms with Gasteiger partial charge in [0.05, 0.1) is 18.8 Å². The van der Waals surface area contributed by atoms with E-state index in [9.17, 15) is 0 Å². The van der Waals surface area contributed by atoms with Gasteiger partial charge in [0, 0.05) is 6.54 Å². The Kier molecular flexibility index (Phi) is 1.71. The van der Waals surface area contributed by atoms with E-state index in [1.807, 2.05) is 0 Å². The molecule has 0 bridgehead atoms. The average Bonchev–Trinajstić information content (AvgIpc) is 2.79. The Bertz CT molecular complexity index is 309. The fraction of sp³-hybridized carbons (Fsp3) is 0.571. The summed E-state index contributed by atoms with van der Waals surface area (Å²) in [6.07, 6.45) is 1.74. The minimum absolute atomic E-state index is 0.0224. The molecule has 1 unspecified atom stereocenters. The Morgan fingerprint density at radius 1 is 1.69 bits per heavy atom. The molecule has 2 N–H and O–H groups in total. The van der Waals surface area contributed by atoms with Crippen molar-refractivity contribution < 1.29 is 4.74 Å². The summed E-state index contributed by atoms with van der Waals surface area (Å²) in [4.78, 5) is 9.47. The summed E-state index contributed by atoms with van der Waals surface area (Å²) in [6, 6.07) is 0. The zero-order valence-electron chi connectivity index (χ0n) is 6.99. The lowest BCUT2D eigenvalue weighted by Gasteiger charge is -2.23. The second kappa shape index (κ2) is 2.90. The van der Waals surface area contributed by atoms with Crippen LogP contribution >= 0.6 is 11.8 Å². The van der Waals surface area contributed by atoms with Crippen LogP contribution in [0.5, 0.6) is 0 Å². The number of nitrogens with zero attached hydrogens (tertiary/aromatic N) is 2. The van der Waals surface area contributed by atoms with Crippen molar-refractivity contribution in [2.24, 2.45) is 0 Å². The third-order valence-corrected chi connectivity index (χ3v) is 3.17. The summed E-state index contributed by atoms with van der Waals surface area (Å²) in [5.74, 6) is 1.98. The van der Waals surface area contributed by atoms with Crippen molar-refractivity contribution in [1.82, 2.24) is 15.3 Å². The first-order valence-electron chi connectivity index (χ1n) is 4.23. The molecule has 0 spiro atoms. The summed E-state index contributed by atoms with van der Waals surface area (Å²) in [5, 5.41) is 4.34. The van der Waals surface area contributed by atoms with Crippen LogP contribution in [-0.2, 0) is 4.74 Å². The highest BCUT2D eigenvalue weighted by molar-refractivity contribution is 7.99. The first kappa shape index (κ1) is 7.66. The topological polar surface area (TPSA) is 53.2 Å². The minimum atomic E-state index is 0.0224. The van der Waals surface area contributed by atoms with Gasteiger partial charge in [-0.3, -0.25) is 5.32 Å². The van der Waals surface area contributed by atoms with E-state index in [2.05, 4.69) is 20.2 Å². The highest BCUT2D eigenvalue weighted by atomic mass is 32.2. The van der Waals surface area contributed by atoms with Gasteiger partial charge in [0.15, 0.2) is 6.35 Å². The average molecular weight is 198 g/mol. The Morgan fingerprint density at radius 2 is 2.69 bits per heavy atom. The molecule has 13 heavy (non-hydrogen) atoms. The van der Waals surface area contributed by atoms with Gasteiger partial charge in [-0.05, 0) is 0 Å². The van der Waals surface area contributed by atoms with Crippen LogP contribution in [0, 0.1) is 0 Å². The zero-order valence-corrected chi connectivity index (χ0v) is 7.80. The van der Waals surface area contributed by atoms with E-state index >= 15 is 0 Å². The fourth-order valence-corrected chi connectivity index (χ4v) is 2.54. The molecule has 3 heterocycles. The second-order valence-electron chi connectivity index (χ2n) is 2.98. The van der Waals surface area contributed by atoms with E-state index < -0.39 is 0 Å². The van der Waals surface area contributed by atoms with Crippen molar-refractivity contribution >= 4 is 17.6 Å². The standard InChI is InChI=1S/C7H10N4OS/c1-2-12-7(8-1)11-4-13-6-5(11)9-3-10-6/h3,7-8H,1-2,4H2,(H,9,10). The molecule has 1 aromatic rings. The number of aromatic nitrogens is 2. The maximum Gasteiger partial charge on any atom is 0.188 e. The number of anilines is 1. The molecule has 2 aliphatic heterocycles. The Labute approximate surface area is 79.9 Å². The summed E-state index contributed by atoms with van der Waals surface area (Å²) >= 11 is 1.73. The molecule has 1 saturated heterocycles. The first-order valence-corrected chi connectivity index (χ1v) is 5.21. The van der Waals surface area contributed by atoms with Crippen molar-refractivity contribution in [3.05, 3.63) is 6.33 Å². The predicted molar refractivity (Wildman–Crippen MR) is 49.5 cm³/mol. The van der Waals surface area contributed by atoms with Gasteiger partial charge in [-0.15, -0.1) is 0 Å². The number of nitrogens with one attached hydrogen (secondary N) is 2. The zero-order chi connectivity index (χ0) is 8.67. The molecule has 1 fully saturated rings. The van der Waals surface area contributed by atoms with Crippen molar-refractivity contribution in [2.45, 2.75) is 11.4 Å². The SMILES string of the molecule is c1nc2c([nH]1)N(C1NCCO1)CS2. The summed E-state index contributed by atoms with van der Waals surface area (Å²) in [7, 11) is 0. The first-order chi connectivity index (χ1) is 6.45. The fourth-order valence-electron chi connectivity index (χ4n) is 1.58. The van der Waals surface area contributed by atoms with Gasteiger partial charge in [0.1, 0.15) is 10.8 Å². The molecule has 0 aromatic carbocycles. The van der Waals surface area contributed by atoms with Crippen molar-refractivity contribution in [3.8, 4) is 0 Å². The van der Waals surface area contributed by atoms with E-state index in [0.717, 1.165) is 29.9 Å². The maximum atomic E-state index is 5.52. The highest BCUT2D eigenvalue weighted by Gasteiger charge is 2.30. The van der Waals surface area contributed by atoms with Gasteiger partial charge in [0.2, 0.25) is 0 Å². The molecule has 3 rings (SSSR count). The number of aromatic amines is 1. The number of hydrogen-bond donors (Lipinski definition) is 2. The Balaban J connectivity index is 1.86. The van der Waals surface area contributed by atoms with Gasteiger partial charge in [0.25, 0.3) is 0 Å². The number of H-pyrrole nitrogens is 1. The maximum absolute atomic E-state index is 5.52. The van der Waals surface area contributed by atoms with Gasteiger partial charge >= 0.3 is 0 Å². The summed E-state index contributed by atoms with van der Waals surface area (Å²) < 4.78 is 5.52. The minimum Gasteiger partial charge on any atom is -0.344 e. The van der Waals surface area contributed by atoms with Crippen LogP contribution in [0.2, 0.25) is 0 Å². The van der Waals surface area contributed by atoms with Crippen LogP contribution in [0.25, 0.3) is 0 Å². The molecular formula is C7H10N4OS. The lowest BCUT2D eigenvalue weighted by atomic mass is 10.6. The van der Waals surface area contributed by atoms with Crippen LogP contribution in [0.1, 0.15) is 0 Å². The molecule has 6 heteroatoms. The van der Waals surface area contributed by atoms with E-state index in [4.69, 9.17) is 4.74 Å². The molecule has 0 amide bonds. The van der Waals surface area contributed by atoms with E-state index in [0.29, 0.717) is 0 Å². The molecule has 0 aliphatic carbocycles. The lowest BCUT2D eigenvalue weighted by molar-refractivity contribution is 0.101. The molecular weight excluding hydrogens is 188 g/mol. The van der Waals surface area contributed by atoms with Crippen LogP contribution in [0.4, 0.5) is 5.82 Å². The third kappa shape index (κ3) is 1.13. The van der Waals surface area contributed by atoms with Gasteiger partial charge in [-0.1, -0.05) is 11.8 Å². The van der Waals surface area contributed by atoms with Gasteiger partial charge in [-0.25, -0.2) is 4.98 Å². The number of hydrogen-bond acceptors (Lipinski definition) is 5. The third-order valence-electron chi connectivity index (χ3n) is 2.19. The van der Waals surface area contributed by atoms with Gasteiger partial charge < -0.3 is 14.6 Å². The molecule has 70 valence electrons. The summed E-state index contributed by atoms with van der Waals surface area (Å²) in [5.41, 5.74) is 0. The lowest BCUT2D eigenvalue weighted by Crippen LogP contribution is -2.41. The molecule has 0 radical (unpaired) electrons. The number of thioether (sulfide) groups is 1. The molecule has 0 saturated carbocycles. The van der Waals surface area contributed by atoms with Crippen LogP contribution in [0.15, 0.2) is 11.4 Å². The molecule has 2 aliphatic rings. The predicted octanol–water partition coefficient (Wildman–Crippen LogP) is 0.183. The number of imidazole rings is 1. The highest BCUT2D eigenvalue weighted by Crippen LogP contribution is 2.36. The molecule has 5 nitrogen and oxygen atoms in total. The molecule has 1 aromatic heterocycles. The van der Waals surface area contributed by atoms with E-state index in [1.165, 1.54) is 0 Å². The normalized spacial score (nSPS) is 26.8.